The van der Waals surface area contributed by atoms with E-state index in [1.54, 1.807) is 6.07 Å². The number of carbonyl (C=O) groups excluding carboxylic acids is 1. The third kappa shape index (κ3) is 4.50. The molecule has 36 heavy (non-hydrogen) atoms. The smallest absolute Gasteiger partial charge is 0.493 e. The van der Waals surface area contributed by atoms with Crippen LogP contribution < -0.4 is 14.9 Å². The van der Waals surface area contributed by atoms with Gasteiger partial charge in [0.05, 0.1) is 24.9 Å². The third-order valence-electron chi connectivity index (χ3n) is 8.18. The normalized spacial score (nSPS) is 23.6. The molecule has 0 aromatic heterocycles. The lowest BCUT2D eigenvalue weighted by Crippen LogP contribution is -2.41. The summed E-state index contributed by atoms with van der Waals surface area (Å²) in [5, 5.41) is 0. The van der Waals surface area contributed by atoms with Crippen LogP contribution in [0.3, 0.4) is 0 Å². The van der Waals surface area contributed by atoms with Crippen molar-refractivity contribution in [2.45, 2.75) is 83.0 Å². The Balaban J connectivity index is 1.35. The zero-order valence-corrected chi connectivity index (χ0v) is 21.7. The third-order valence-corrected chi connectivity index (χ3v) is 8.18. The van der Waals surface area contributed by atoms with Crippen molar-refractivity contribution in [2.24, 2.45) is 0 Å². The van der Waals surface area contributed by atoms with Gasteiger partial charge in [-0.1, -0.05) is 12.1 Å². The van der Waals surface area contributed by atoms with Crippen molar-refractivity contribution in [3.63, 3.8) is 0 Å². The van der Waals surface area contributed by atoms with Gasteiger partial charge in [0.25, 0.3) is 0 Å². The Morgan fingerprint density at radius 1 is 1.11 bits per heavy atom. The number of ether oxygens (including phenoxy) is 3. The molecule has 6 nitrogen and oxygen atoms in total. The van der Waals surface area contributed by atoms with Gasteiger partial charge in [-0.25, -0.2) is 4.39 Å². The quantitative estimate of drug-likeness (QED) is 0.414. The second-order valence-electron chi connectivity index (χ2n) is 10.9. The highest BCUT2D eigenvalue weighted by Crippen LogP contribution is 2.42. The average Bonchev–Trinajstić information content (AvgIpc) is 3.35. The molecule has 2 heterocycles. The van der Waals surface area contributed by atoms with Gasteiger partial charge in [-0.15, -0.1) is 0 Å². The molecule has 1 aliphatic carbocycles. The maximum absolute atomic E-state index is 15.1. The van der Waals surface area contributed by atoms with Gasteiger partial charge in [0, 0.05) is 18.1 Å². The van der Waals surface area contributed by atoms with E-state index < -0.39 is 24.4 Å². The van der Waals surface area contributed by atoms with Gasteiger partial charge in [0.15, 0.2) is 0 Å². The molecule has 1 saturated heterocycles. The number of hydrogen-bond donors (Lipinski definition) is 0. The largest absolute Gasteiger partial charge is 0.495 e. The van der Waals surface area contributed by atoms with Gasteiger partial charge in [-0.3, -0.25) is 4.79 Å². The van der Waals surface area contributed by atoms with Crippen LogP contribution in [0, 0.1) is 5.82 Å². The van der Waals surface area contributed by atoms with E-state index >= 15 is 4.39 Å². The number of carbonyl (C=O) groups is 1. The molecule has 0 spiro atoms. The van der Waals surface area contributed by atoms with E-state index in [9.17, 15) is 4.79 Å². The SMILES string of the molecule is COC(=O)CCC1CCOc2cc(OC3CCc4c(B5OC(C)(C)C(C)(C)O5)ccc(F)c43)ccc21. The molecule has 5 rings (SSSR count). The van der Waals surface area contributed by atoms with Crippen LogP contribution in [0.15, 0.2) is 30.3 Å². The molecule has 0 N–H and O–H groups in total. The minimum Gasteiger partial charge on any atom is -0.493 e. The predicted octanol–water partition coefficient (Wildman–Crippen LogP) is 5.01. The van der Waals surface area contributed by atoms with Crippen LogP contribution in [0.2, 0.25) is 0 Å². The van der Waals surface area contributed by atoms with Crippen molar-refractivity contribution >= 4 is 18.6 Å². The van der Waals surface area contributed by atoms with E-state index in [0.29, 0.717) is 43.6 Å². The number of methoxy groups -OCH3 is 1. The average molecular weight is 496 g/mol. The Labute approximate surface area is 212 Å². The van der Waals surface area contributed by atoms with Gasteiger partial charge >= 0.3 is 13.1 Å². The van der Waals surface area contributed by atoms with E-state index in [0.717, 1.165) is 28.8 Å². The minimum atomic E-state index is -0.540. The Hall–Kier alpha value is -2.58. The van der Waals surface area contributed by atoms with Gasteiger partial charge in [0.1, 0.15) is 23.4 Å². The van der Waals surface area contributed by atoms with Crippen LogP contribution in [0.5, 0.6) is 11.5 Å². The maximum atomic E-state index is 15.1. The summed E-state index contributed by atoms with van der Waals surface area (Å²) in [5.41, 5.74) is 2.50. The summed E-state index contributed by atoms with van der Waals surface area (Å²) in [7, 11) is 0.869. The standard InChI is InChI=1S/C28H34BFO6/c1-27(2)28(3,4)36-29(35-27)21-10-11-22(30)26-20(21)9-12-23(26)34-18-7-8-19-17(6-13-25(31)32-5)14-15-33-24(19)16-18/h7-8,10-11,16-17,23H,6,9,12-15H2,1-5H3. The minimum absolute atomic E-state index is 0.204. The highest BCUT2D eigenvalue weighted by Gasteiger charge is 2.52. The molecule has 8 heteroatoms. The summed E-state index contributed by atoms with van der Waals surface area (Å²) in [6, 6.07) is 9.06. The molecule has 3 aliphatic rings. The number of hydrogen-bond acceptors (Lipinski definition) is 6. The predicted molar refractivity (Wildman–Crippen MR) is 134 cm³/mol. The highest BCUT2D eigenvalue weighted by molar-refractivity contribution is 6.62. The van der Waals surface area contributed by atoms with Gasteiger partial charge in [-0.2, -0.15) is 0 Å². The van der Waals surface area contributed by atoms with E-state index in [-0.39, 0.29) is 17.7 Å². The molecule has 2 aromatic rings. The van der Waals surface area contributed by atoms with Gasteiger partial charge < -0.3 is 23.5 Å². The van der Waals surface area contributed by atoms with Crippen LogP contribution >= 0.6 is 0 Å². The van der Waals surface area contributed by atoms with Crippen LogP contribution in [-0.4, -0.2) is 38.0 Å². The van der Waals surface area contributed by atoms with E-state index in [2.05, 4.69) is 0 Å². The first-order valence-electron chi connectivity index (χ1n) is 12.8. The fraction of sp³-hybridized carbons (Fsp3) is 0.536. The molecule has 1 fully saturated rings. The number of benzene rings is 2. The van der Waals surface area contributed by atoms with Crippen LogP contribution in [0.4, 0.5) is 4.39 Å². The van der Waals surface area contributed by atoms with Crippen molar-refractivity contribution < 1.29 is 32.7 Å². The molecule has 0 saturated carbocycles. The monoisotopic (exact) mass is 496 g/mol. The molecule has 0 bridgehead atoms. The Bertz CT molecular complexity index is 1150. The first-order chi connectivity index (χ1) is 17.1. The number of fused-ring (bicyclic) bond motifs is 2. The van der Waals surface area contributed by atoms with Crippen LogP contribution in [-0.2, 0) is 25.3 Å². The summed E-state index contributed by atoms with van der Waals surface area (Å²) in [6.45, 7) is 8.64. The van der Waals surface area contributed by atoms with E-state index in [4.69, 9.17) is 23.5 Å². The lowest BCUT2D eigenvalue weighted by molar-refractivity contribution is -0.140. The van der Waals surface area contributed by atoms with Gasteiger partial charge in [-0.05, 0) is 88.0 Å². The van der Waals surface area contributed by atoms with E-state index in [1.165, 1.54) is 13.2 Å². The van der Waals surface area contributed by atoms with Crippen molar-refractivity contribution in [1.29, 1.82) is 0 Å². The fourth-order valence-electron chi connectivity index (χ4n) is 5.38. The van der Waals surface area contributed by atoms with Crippen molar-refractivity contribution in [2.75, 3.05) is 13.7 Å². The molecule has 0 amide bonds. The van der Waals surface area contributed by atoms with Crippen molar-refractivity contribution in [3.8, 4) is 11.5 Å². The first kappa shape index (κ1) is 25.1. The van der Waals surface area contributed by atoms with Crippen molar-refractivity contribution in [3.05, 3.63) is 52.8 Å². The number of halogens is 1. The first-order valence-corrected chi connectivity index (χ1v) is 12.8. The molecule has 2 atom stereocenters. The summed E-state index contributed by atoms with van der Waals surface area (Å²) in [5.74, 6) is 1.16. The van der Waals surface area contributed by atoms with Crippen LogP contribution in [0.25, 0.3) is 0 Å². The molecule has 2 aliphatic heterocycles. The van der Waals surface area contributed by atoms with E-state index in [1.807, 2.05) is 45.9 Å². The number of esters is 1. The molecule has 192 valence electrons. The molecule has 2 aromatic carbocycles. The summed E-state index contributed by atoms with van der Waals surface area (Å²) in [4.78, 5) is 11.6. The molecule has 2 unspecified atom stereocenters. The molecule has 0 radical (unpaired) electrons. The summed E-state index contributed by atoms with van der Waals surface area (Å²) >= 11 is 0. The lowest BCUT2D eigenvalue weighted by atomic mass is 9.75. The van der Waals surface area contributed by atoms with Crippen molar-refractivity contribution in [1.82, 2.24) is 0 Å². The molecular weight excluding hydrogens is 462 g/mol. The lowest BCUT2D eigenvalue weighted by Gasteiger charge is -2.32. The zero-order chi connectivity index (χ0) is 25.7. The number of rotatable bonds is 6. The summed E-state index contributed by atoms with van der Waals surface area (Å²) < 4.78 is 44.6. The van der Waals surface area contributed by atoms with Crippen LogP contribution in [0.1, 0.15) is 82.1 Å². The Kier molecular flexibility index (Phi) is 6.54. The topological polar surface area (TPSA) is 63.2 Å². The molecular formula is C28H34BFO6. The summed E-state index contributed by atoms with van der Waals surface area (Å²) in [6.07, 6.45) is 2.90. The second kappa shape index (κ2) is 9.38. The second-order valence-corrected chi connectivity index (χ2v) is 10.9. The fourth-order valence-corrected chi connectivity index (χ4v) is 5.38. The zero-order valence-electron chi connectivity index (χ0n) is 21.7. The Morgan fingerprint density at radius 3 is 2.58 bits per heavy atom. The maximum Gasteiger partial charge on any atom is 0.495 e. The Morgan fingerprint density at radius 2 is 1.86 bits per heavy atom. The van der Waals surface area contributed by atoms with Gasteiger partial charge in [0.2, 0.25) is 0 Å². The highest BCUT2D eigenvalue weighted by atomic mass is 19.1.